The molecule has 8 rings (SSSR count). The van der Waals surface area contributed by atoms with E-state index in [9.17, 15) is 10.2 Å². The van der Waals surface area contributed by atoms with Crippen molar-refractivity contribution in [2.75, 3.05) is 26.4 Å². The molecular weight excluding hydrogens is 592 g/mol. The molecule has 0 radical (unpaired) electrons. The highest BCUT2D eigenvalue weighted by Crippen LogP contribution is 2.53. The van der Waals surface area contributed by atoms with Gasteiger partial charge in [-0.25, -0.2) is 0 Å². The van der Waals surface area contributed by atoms with Gasteiger partial charge in [0, 0.05) is 16.5 Å². The molecule has 7 aromatic rings. The van der Waals surface area contributed by atoms with Crippen LogP contribution >= 0.6 is 0 Å². The number of aliphatic hydroxyl groups is 2. The number of aliphatic hydroxyl groups excluding tert-OH is 2. The van der Waals surface area contributed by atoms with Gasteiger partial charge in [0.2, 0.25) is 0 Å². The first-order chi connectivity index (χ1) is 23.7. The summed E-state index contributed by atoms with van der Waals surface area (Å²) in [6.45, 7) is 0.314. The number of hydrogen-bond acceptors (Lipinski definition) is 4. The maximum Gasteiger partial charge on any atom is 0.127 e. The van der Waals surface area contributed by atoms with E-state index in [1.165, 1.54) is 32.7 Å². The molecule has 4 nitrogen and oxygen atoms in total. The van der Waals surface area contributed by atoms with Crippen molar-refractivity contribution in [1.29, 1.82) is 0 Å². The third-order valence-electron chi connectivity index (χ3n) is 9.70. The van der Waals surface area contributed by atoms with Crippen LogP contribution in [-0.4, -0.2) is 36.6 Å². The van der Waals surface area contributed by atoms with Gasteiger partial charge in [-0.1, -0.05) is 121 Å². The lowest BCUT2D eigenvalue weighted by Gasteiger charge is -2.41. The fraction of sp³-hybridized carbons (Fsp3) is 0.136. The number of benzene rings is 7. The van der Waals surface area contributed by atoms with Crippen molar-refractivity contribution in [1.82, 2.24) is 0 Å². The number of ether oxygens (including phenoxy) is 2. The first kappa shape index (κ1) is 29.9. The molecule has 0 aliphatic heterocycles. The van der Waals surface area contributed by atoms with Crippen molar-refractivity contribution in [3.8, 4) is 33.8 Å². The average molecular weight is 629 g/mol. The second-order valence-electron chi connectivity index (χ2n) is 12.4. The Morgan fingerprint density at radius 3 is 1.56 bits per heavy atom. The first-order valence-corrected chi connectivity index (χ1v) is 16.5. The molecule has 48 heavy (non-hydrogen) atoms. The molecule has 0 heterocycles. The third-order valence-corrected chi connectivity index (χ3v) is 9.70. The lowest BCUT2D eigenvalue weighted by molar-refractivity contribution is 0.202. The Balaban J connectivity index is 1.46. The van der Waals surface area contributed by atoms with Crippen molar-refractivity contribution in [2.45, 2.75) is 11.8 Å². The molecule has 0 spiro atoms. The largest absolute Gasteiger partial charge is 0.491 e. The Labute approximate surface area is 280 Å². The van der Waals surface area contributed by atoms with Crippen LogP contribution in [0.4, 0.5) is 0 Å². The molecule has 0 atom stereocenters. The van der Waals surface area contributed by atoms with Crippen molar-refractivity contribution < 1.29 is 19.7 Å². The highest BCUT2D eigenvalue weighted by atomic mass is 16.5. The van der Waals surface area contributed by atoms with Crippen molar-refractivity contribution in [3.05, 3.63) is 168 Å². The van der Waals surface area contributed by atoms with Gasteiger partial charge >= 0.3 is 0 Å². The molecule has 0 bridgehead atoms. The topological polar surface area (TPSA) is 58.9 Å². The maximum atomic E-state index is 9.64. The van der Waals surface area contributed by atoms with E-state index >= 15 is 0 Å². The molecule has 7 aromatic carbocycles. The summed E-state index contributed by atoms with van der Waals surface area (Å²) in [7, 11) is 0. The zero-order valence-corrected chi connectivity index (χ0v) is 26.6. The molecule has 0 unspecified atom stereocenters. The minimum Gasteiger partial charge on any atom is -0.491 e. The van der Waals surface area contributed by atoms with Crippen LogP contribution in [0.15, 0.2) is 146 Å². The Morgan fingerprint density at radius 1 is 0.500 bits per heavy atom. The van der Waals surface area contributed by atoms with E-state index in [4.69, 9.17) is 9.47 Å². The van der Waals surface area contributed by atoms with Crippen LogP contribution in [0.3, 0.4) is 0 Å². The second kappa shape index (κ2) is 12.6. The highest BCUT2D eigenvalue weighted by Gasteiger charge is 2.42. The molecule has 0 aromatic heterocycles. The van der Waals surface area contributed by atoms with E-state index < -0.39 is 5.41 Å². The predicted molar refractivity (Wildman–Crippen MR) is 194 cm³/mol. The fourth-order valence-electron chi connectivity index (χ4n) is 7.64. The minimum atomic E-state index is -0.569. The zero-order valence-electron chi connectivity index (χ0n) is 26.6. The Morgan fingerprint density at radius 2 is 1.02 bits per heavy atom. The summed E-state index contributed by atoms with van der Waals surface area (Å²) >= 11 is 0. The first-order valence-electron chi connectivity index (χ1n) is 16.5. The van der Waals surface area contributed by atoms with Crippen LogP contribution < -0.4 is 9.47 Å². The van der Waals surface area contributed by atoms with Gasteiger partial charge in [-0.05, 0) is 85.6 Å². The van der Waals surface area contributed by atoms with Crippen LogP contribution in [0.5, 0.6) is 11.5 Å². The third kappa shape index (κ3) is 5.02. The minimum absolute atomic E-state index is 0.0599. The smallest absolute Gasteiger partial charge is 0.127 e. The summed E-state index contributed by atoms with van der Waals surface area (Å²) in [5.74, 6) is 1.48. The predicted octanol–water partition coefficient (Wildman–Crippen LogP) is 8.96. The zero-order chi connectivity index (χ0) is 32.5. The average Bonchev–Trinajstić information content (AvgIpc) is 3.16. The van der Waals surface area contributed by atoms with Gasteiger partial charge in [0.25, 0.3) is 0 Å². The van der Waals surface area contributed by atoms with Gasteiger partial charge in [0.15, 0.2) is 0 Å². The van der Waals surface area contributed by atoms with Crippen molar-refractivity contribution in [2.24, 2.45) is 0 Å². The molecule has 0 fully saturated rings. The van der Waals surface area contributed by atoms with Crippen LogP contribution in [-0.2, 0) is 11.8 Å². The molecular formula is C44H36O4. The highest BCUT2D eigenvalue weighted by molar-refractivity contribution is 6.13. The van der Waals surface area contributed by atoms with E-state index in [0.29, 0.717) is 0 Å². The summed E-state index contributed by atoms with van der Waals surface area (Å²) in [5.41, 5.74) is 8.37. The molecule has 0 saturated carbocycles. The van der Waals surface area contributed by atoms with Gasteiger partial charge in [0.1, 0.15) is 24.7 Å². The Kier molecular flexibility index (Phi) is 7.89. The standard InChI is InChI=1S/C44H36O4/c45-23-25-47-40-21-19-35(27-37(40)30-9-3-1-4-10-30)44(36-20-22-41(48-26-24-46)38(28-36)31-11-5-2-6-12-31)29-34-15-7-13-32-17-18-33-14-8-16-39(44)43(33)42(32)34/h1-22,27-28,45-46H,23-26,29H2. The normalized spacial score (nSPS) is 13.2. The van der Waals surface area contributed by atoms with E-state index in [-0.39, 0.29) is 26.4 Å². The van der Waals surface area contributed by atoms with Gasteiger partial charge in [0.05, 0.1) is 13.2 Å². The van der Waals surface area contributed by atoms with E-state index in [1.54, 1.807) is 0 Å². The molecule has 2 N–H and O–H groups in total. The second-order valence-corrected chi connectivity index (χ2v) is 12.4. The molecule has 0 saturated heterocycles. The lowest BCUT2D eigenvalue weighted by Crippen LogP contribution is -2.34. The quantitative estimate of drug-likeness (QED) is 0.149. The van der Waals surface area contributed by atoms with Crippen LogP contribution in [0.2, 0.25) is 0 Å². The monoisotopic (exact) mass is 628 g/mol. The summed E-state index contributed by atoms with van der Waals surface area (Å²) in [5, 5.41) is 24.3. The molecule has 4 heteroatoms. The summed E-state index contributed by atoms with van der Waals surface area (Å²) < 4.78 is 12.3. The molecule has 236 valence electrons. The number of rotatable bonds is 10. The van der Waals surface area contributed by atoms with Crippen molar-refractivity contribution in [3.63, 3.8) is 0 Å². The SMILES string of the molecule is OCCOc1ccc(C2(c3ccc(OCCO)c(-c4ccccc4)c3)Cc3cccc4ccc5cccc2c5c34)cc1-c1ccccc1. The van der Waals surface area contributed by atoms with Gasteiger partial charge in [-0.15, -0.1) is 0 Å². The van der Waals surface area contributed by atoms with Crippen LogP contribution in [0, 0.1) is 0 Å². The maximum absolute atomic E-state index is 9.64. The Hall–Kier alpha value is -5.42. The fourth-order valence-corrected chi connectivity index (χ4v) is 7.64. The van der Waals surface area contributed by atoms with E-state index in [0.717, 1.165) is 51.3 Å². The summed E-state index contributed by atoms with van der Waals surface area (Å²) in [6.07, 6.45) is 0.761. The van der Waals surface area contributed by atoms with Crippen LogP contribution in [0.25, 0.3) is 43.8 Å². The van der Waals surface area contributed by atoms with E-state index in [1.807, 2.05) is 36.4 Å². The molecule has 1 aliphatic carbocycles. The lowest BCUT2D eigenvalue weighted by atomic mass is 9.61. The van der Waals surface area contributed by atoms with Gasteiger partial charge < -0.3 is 19.7 Å². The van der Waals surface area contributed by atoms with E-state index in [2.05, 4.69) is 109 Å². The summed E-state index contributed by atoms with van der Waals surface area (Å²) in [6, 6.07) is 51.6. The Bertz CT molecular complexity index is 2150. The number of hydrogen-bond donors (Lipinski definition) is 2. The van der Waals surface area contributed by atoms with Gasteiger partial charge in [-0.2, -0.15) is 0 Å². The van der Waals surface area contributed by atoms with Crippen LogP contribution in [0.1, 0.15) is 22.3 Å². The molecule has 0 amide bonds. The van der Waals surface area contributed by atoms with Gasteiger partial charge in [-0.3, -0.25) is 0 Å². The molecule has 1 aliphatic rings. The van der Waals surface area contributed by atoms with Crippen molar-refractivity contribution >= 4 is 21.5 Å². The summed E-state index contributed by atoms with van der Waals surface area (Å²) in [4.78, 5) is 0.